The van der Waals surface area contributed by atoms with E-state index in [1.165, 1.54) is 6.07 Å². The van der Waals surface area contributed by atoms with E-state index in [4.69, 9.17) is 35.4 Å². The minimum atomic E-state index is -4.48. The third-order valence-corrected chi connectivity index (χ3v) is 5.95. The normalized spacial score (nSPS) is 15.2. The molecule has 3 rings (SSSR count). The molecule has 0 atom stereocenters. The van der Waals surface area contributed by atoms with Crippen LogP contribution in [0.2, 0.25) is 10.0 Å². The summed E-state index contributed by atoms with van der Waals surface area (Å²) in [4.78, 5) is 16.2. The lowest BCUT2D eigenvalue weighted by Gasteiger charge is -2.25. The summed E-state index contributed by atoms with van der Waals surface area (Å²) in [5.41, 5.74) is -0.149. The van der Waals surface area contributed by atoms with Gasteiger partial charge in [-0.1, -0.05) is 35.3 Å². The van der Waals surface area contributed by atoms with Crippen molar-refractivity contribution in [2.24, 2.45) is 0 Å². The molecule has 5 nitrogen and oxygen atoms in total. The molecule has 0 bridgehead atoms. The first-order chi connectivity index (χ1) is 15.1. The number of para-hydroxylation sites is 1. The second kappa shape index (κ2) is 10.7. The number of amides is 1. The van der Waals surface area contributed by atoms with Crippen LogP contribution in [0, 0.1) is 0 Å². The lowest BCUT2D eigenvalue weighted by Crippen LogP contribution is -2.39. The predicted molar refractivity (Wildman–Crippen MR) is 125 cm³/mol. The Hall–Kier alpha value is -2.07. The van der Waals surface area contributed by atoms with E-state index in [1.807, 2.05) is 9.80 Å². The zero-order valence-electron chi connectivity index (χ0n) is 16.9. The quantitative estimate of drug-likeness (QED) is 0.549. The Morgan fingerprint density at radius 2 is 1.69 bits per heavy atom. The van der Waals surface area contributed by atoms with Crippen LogP contribution in [-0.4, -0.2) is 53.5 Å². The SMILES string of the molecule is O=C(CN1CCCN(C(=S)Nc2cc(C(F)(F)F)ccc2Cl)CC1)Nc1ccccc1Cl. The number of hydrogen-bond donors (Lipinski definition) is 2. The smallest absolute Gasteiger partial charge is 0.348 e. The number of hydrogen-bond acceptors (Lipinski definition) is 3. The van der Waals surface area contributed by atoms with Gasteiger partial charge < -0.3 is 15.5 Å². The van der Waals surface area contributed by atoms with Gasteiger partial charge >= 0.3 is 6.18 Å². The van der Waals surface area contributed by atoms with Crippen molar-refractivity contribution in [1.82, 2.24) is 9.80 Å². The Morgan fingerprint density at radius 3 is 2.41 bits per heavy atom. The standard InChI is InChI=1S/C21H21Cl2F3N4OS/c22-15-4-1-2-5-17(15)27-19(31)13-29-8-3-9-30(11-10-29)20(32)28-18-12-14(21(24,25)26)6-7-16(18)23/h1-2,4-7,12H,3,8-11,13H2,(H,27,31)(H,28,32). The fourth-order valence-corrected chi connectivity index (χ4v) is 3.92. The van der Waals surface area contributed by atoms with Crippen molar-refractivity contribution in [2.45, 2.75) is 12.6 Å². The van der Waals surface area contributed by atoms with E-state index in [-0.39, 0.29) is 28.3 Å². The minimum absolute atomic E-state index is 0.103. The number of carbonyl (C=O) groups is 1. The van der Waals surface area contributed by atoms with Crippen LogP contribution in [0.15, 0.2) is 42.5 Å². The Balaban J connectivity index is 1.55. The molecule has 1 saturated heterocycles. The molecule has 11 heteroatoms. The van der Waals surface area contributed by atoms with Crippen LogP contribution in [0.5, 0.6) is 0 Å². The molecule has 0 saturated carbocycles. The maximum Gasteiger partial charge on any atom is 0.416 e. The molecule has 1 fully saturated rings. The number of rotatable bonds is 4. The van der Waals surface area contributed by atoms with Gasteiger partial charge in [0.25, 0.3) is 0 Å². The summed E-state index contributed by atoms with van der Waals surface area (Å²) in [6.07, 6.45) is -3.74. The molecule has 1 amide bonds. The van der Waals surface area contributed by atoms with E-state index < -0.39 is 11.7 Å². The molecule has 32 heavy (non-hydrogen) atoms. The highest BCUT2D eigenvalue weighted by molar-refractivity contribution is 7.80. The maximum absolute atomic E-state index is 13.0. The van der Waals surface area contributed by atoms with Gasteiger partial charge in [-0.2, -0.15) is 13.2 Å². The minimum Gasteiger partial charge on any atom is -0.348 e. The van der Waals surface area contributed by atoms with Crippen molar-refractivity contribution < 1.29 is 18.0 Å². The van der Waals surface area contributed by atoms with E-state index in [2.05, 4.69) is 10.6 Å². The topological polar surface area (TPSA) is 47.6 Å². The summed E-state index contributed by atoms with van der Waals surface area (Å²) in [7, 11) is 0. The number of anilines is 2. The maximum atomic E-state index is 13.0. The number of benzene rings is 2. The van der Waals surface area contributed by atoms with Crippen molar-refractivity contribution >= 4 is 57.8 Å². The lowest BCUT2D eigenvalue weighted by molar-refractivity contribution is -0.137. The molecular formula is C21H21Cl2F3N4OS. The Kier molecular flexibility index (Phi) is 8.21. The third kappa shape index (κ3) is 6.71. The first-order valence-electron chi connectivity index (χ1n) is 9.83. The average Bonchev–Trinajstić information content (AvgIpc) is 2.96. The molecule has 1 heterocycles. The van der Waals surface area contributed by atoms with Crippen molar-refractivity contribution in [3.63, 3.8) is 0 Å². The first kappa shape index (κ1) is 24.6. The summed E-state index contributed by atoms with van der Waals surface area (Å²) < 4.78 is 39.0. The summed E-state index contributed by atoms with van der Waals surface area (Å²) in [5.74, 6) is -0.178. The molecule has 2 aromatic rings. The van der Waals surface area contributed by atoms with Crippen LogP contribution in [0.1, 0.15) is 12.0 Å². The number of halogens is 5. The van der Waals surface area contributed by atoms with E-state index in [1.54, 1.807) is 24.3 Å². The van der Waals surface area contributed by atoms with Crippen LogP contribution < -0.4 is 10.6 Å². The number of nitrogens with one attached hydrogen (secondary N) is 2. The van der Waals surface area contributed by atoms with Gasteiger partial charge in [-0.05, 0) is 49.0 Å². The molecule has 0 aliphatic carbocycles. The van der Waals surface area contributed by atoms with Gasteiger partial charge in [0.2, 0.25) is 5.91 Å². The van der Waals surface area contributed by atoms with Gasteiger partial charge in [-0.15, -0.1) is 0 Å². The molecule has 0 aromatic heterocycles. The van der Waals surface area contributed by atoms with Gasteiger partial charge in [-0.25, -0.2) is 0 Å². The number of carbonyl (C=O) groups excluding carboxylic acids is 1. The van der Waals surface area contributed by atoms with E-state index >= 15 is 0 Å². The molecule has 2 N–H and O–H groups in total. The summed E-state index contributed by atoms with van der Waals surface area (Å²) >= 11 is 17.5. The predicted octanol–water partition coefficient (Wildman–Crippen LogP) is 5.36. The van der Waals surface area contributed by atoms with Gasteiger partial charge in [0.05, 0.1) is 33.5 Å². The fourth-order valence-electron chi connectivity index (χ4n) is 3.28. The highest BCUT2D eigenvalue weighted by atomic mass is 35.5. The fraction of sp³-hybridized carbons (Fsp3) is 0.333. The number of alkyl halides is 3. The van der Waals surface area contributed by atoms with Crippen LogP contribution in [0.4, 0.5) is 24.5 Å². The molecule has 0 unspecified atom stereocenters. The first-order valence-corrected chi connectivity index (χ1v) is 11.0. The van der Waals surface area contributed by atoms with E-state index in [9.17, 15) is 18.0 Å². The van der Waals surface area contributed by atoms with Crippen LogP contribution in [0.25, 0.3) is 0 Å². The molecule has 1 aliphatic rings. The van der Waals surface area contributed by atoms with Gasteiger partial charge in [0, 0.05) is 26.2 Å². The van der Waals surface area contributed by atoms with E-state index in [0.29, 0.717) is 36.9 Å². The lowest BCUT2D eigenvalue weighted by atomic mass is 10.2. The van der Waals surface area contributed by atoms with Crippen LogP contribution in [0.3, 0.4) is 0 Å². The zero-order valence-corrected chi connectivity index (χ0v) is 19.2. The van der Waals surface area contributed by atoms with Crippen LogP contribution in [-0.2, 0) is 11.0 Å². The monoisotopic (exact) mass is 504 g/mol. The number of nitrogens with zero attached hydrogens (tertiary/aromatic N) is 2. The Morgan fingerprint density at radius 1 is 0.969 bits per heavy atom. The van der Waals surface area contributed by atoms with Crippen LogP contribution >= 0.6 is 35.4 Å². The second-order valence-corrected chi connectivity index (χ2v) is 8.47. The molecule has 172 valence electrons. The summed E-state index contributed by atoms with van der Waals surface area (Å²) in [6, 6.07) is 10.1. The van der Waals surface area contributed by atoms with Gasteiger partial charge in [0.15, 0.2) is 5.11 Å². The zero-order chi connectivity index (χ0) is 23.3. The van der Waals surface area contributed by atoms with Crippen molar-refractivity contribution in [1.29, 1.82) is 0 Å². The summed E-state index contributed by atoms with van der Waals surface area (Å²) in [5, 5.41) is 6.52. The summed E-state index contributed by atoms with van der Waals surface area (Å²) in [6.45, 7) is 2.55. The average molecular weight is 505 g/mol. The van der Waals surface area contributed by atoms with Gasteiger partial charge in [-0.3, -0.25) is 9.69 Å². The third-order valence-electron chi connectivity index (χ3n) is 4.93. The van der Waals surface area contributed by atoms with Gasteiger partial charge in [0.1, 0.15) is 0 Å². The van der Waals surface area contributed by atoms with Crippen molar-refractivity contribution in [3.05, 3.63) is 58.1 Å². The Labute approximate surface area is 199 Å². The molecule has 0 spiro atoms. The molecular weight excluding hydrogens is 484 g/mol. The highest BCUT2D eigenvalue weighted by Gasteiger charge is 2.31. The van der Waals surface area contributed by atoms with E-state index in [0.717, 1.165) is 18.6 Å². The highest BCUT2D eigenvalue weighted by Crippen LogP contribution is 2.34. The molecule has 1 aliphatic heterocycles. The second-order valence-electron chi connectivity index (χ2n) is 7.27. The largest absolute Gasteiger partial charge is 0.416 e. The molecule has 2 aromatic carbocycles. The van der Waals surface area contributed by atoms with Crippen molar-refractivity contribution in [2.75, 3.05) is 43.4 Å². The number of thiocarbonyl (C=S) groups is 1. The Bertz CT molecular complexity index is 990. The molecule has 0 radical (unpaired) electrons. The van der Waals surface area contributed by atoms with Crippen molar-refractivity contribution in [3.8, 4) is 0 Å².